The molecule has 4 heterocycles. The van der Waals surface area contributed by atoms with Gasteiger partial charge in [-0.3, -0.25) is 4.57 Å². The summed E-state index contributed by atoms with van der Waals surface area (Å²) in [5, 5.41) is 0. The average molecular weight is 316 g/mol. The molecule has 2 aromatic rings. The van der Waals surface area contributed by atoms with Crippen molar-refractivity contribution in [2.24, 2.45) is 5.92 Å². The summed E-state index contributed by atoms with van der Waals surface area (Å²) in [7, 11) is 2.17. The van der Waals surface area contributed by atoms with Crippen molar-refractivity contribution >= 4 is 17.1 Å². The lowest BCUT2D eigenvalue weighted by atomic mass is 10.0. The van der Waals surface area contributed by atoms with E-state index in [1.54, 1.807) is 6.33 Å². The second kappa shape index (κ2) is 6.41. The number of nitrogens with zero attached hydrogens (tertiary/aromatic N) is 6. The summed E-state index contributed by atoms with van der Waals surface area (Å²) in [5.41, 5.74) is 1.86. The van der Waals surface area contributed by atoms with E-state index in [0.717, 1.165) is 75.9 Å². The molecule has 0 amide bonds. The summed E-state index contributed by atoms with van der Waals surface area (Å²) in [5.74, 6) is 1.70. The number of hydrogen-bond acceptors (Lipinski definition) is 6. The maximum Gasteiger partial charge on any atom is 0.207 e. The lowest BCUT2D eigenvalue weighted by Crippen LogP contribution is -2.45. The first-order chi connectivity index (χ1) is 11.3. The second-order valence-corrected chi connectivity index (χ2v) is 6.60. The third-order valence-corrected chi connectivity index (χ3v) is 4.96. The summed E-state index contributed by atoms with van der Waals surface area (Å²) in [6.45, 7) is 6.89. The molecule has 0 spiro atoms. The molecule has 2 fully saturated rings. The number of imidazole rings is 1. The molecule has 0 aromatic carbocycles. The first-order valence-corrected chi connectivity index (χ1v) is 8.49. The van der Waals surface area contributed by atoms with E-state index in [2.05, 4.69) is 31.4 Å². The minimum atomic E-state index is 0.641. The molecule has 0 unspecified atom stereocenters. The highest BCUT2D eigenvalue weighted by Crippen LogP contribution is 2.26. The monoisotopic (exact) mass is 316 g/mol. The summed E-state index contributed by atoms with van der Waals surface area (Å²) in [6, 6.07) is 0. The van der Waals surface area contributed by atoms with Gasteiger partial charge in [0.1, 0.15) is 11.8 Å². The van der Waals surface area contributed by atoms with Crippen LogP contribution < -0.4 is 4.90 Å². The van der Waals surface area contributed by atoms with Crippen molar-refractivity contribution in [3.63, 3.8) is 0 Å². The van der Waals surface area contributed by atoms with E-state index in [1.807, 2.05) is 6.20 Å². The highest BCUT2D eigenvalue weighted by atomic mass is 16.5. The van der Waals surface area contributed by atoms with E-state index in [9.17, 15) is 0 Å². The normalized spacial score (nSPS) is 21.2. The highest BCUT2D eigenvalue weighted by molar-refractivity contribution is 5.73. The van der Waals surface area contributed by atoms with Gasteiger partial charge in [0.25, 0.3) is 0 Å². The van der Waals surface area contributed by atoms with Gasteiger partial charge in [-0.15, -0.1) is 0 Å². The number of piperazine rings is 1. The number of anilines is 1. The Kier molecular flexibility index (Phi) is 4.13. The van der Waals surface area contributed by atoms with Gasteiger partial charge < -0.3 is 14.5 Å². The summed E-state index contributed by atoms with van der Waals surface area (Å²) in [4.78, 5) is 18.2. The minimum absolute atomic E-state index is 0.641. The fourth-order valence-corrected chi connectivity index (χ4v) is 3.47. The Hall–Kier alpha value is -1.73. The fourth-order valence-electron chi connectivity index (χ4n) is 3.47. The Bertz CT molecular complexity index is 658. The average Bonchev–Trinajstić information content (AvgIpc) is 2.95. The van der Waals surface area contributed by atoms with Crippen molar-refractivity contribution in [3.05, 3.63) is 12.5 Å². The molecule has 0 N–H and O–H groups in total. The van der Waals surface area contributed by atoms with Gasteiger partial charge in [0.2, 0.25) is 5.95 Å². The largest absolute Gasteiger partial charge is 0.381 e. The number of likely N-dealkylation sites (N-methyl/N-ethyl adjacent to an activating group) is 1. The molecule has 0 bridgehead atoms. The summed E-state index contributed by atoms with van der Waals surface area (Å²) < 4.78 is 7.80. The topological polar surface area (TPSA) is 59.3 Å². The Labute approximate surface area is 136 Å². The number of aromatic nitrogens is 4. The van der Waals surface area contributed by atoms with Gasteiger partial charge in [-0.25, -0.2) is 15.0 Å². The van der Waals surface area contributed by atoms with Crippen LogP contribution in [0, 0.1) is 5.92 Å². The van der Waals surface area contributed by atoms with Crippen LogP contribution in [0.5, 0.6) is 0 Å². The predicted molar refractivity (Wildman–Crippen MR) is 88.6 cm³/mol. The molecule has 7 nitrogen and oxygen atoms in total. The molecule has 0 saturated carbocycles. The van der Waals surface area contributed by atoms with E-state index in [-0.39, 0.29) is 0 Å². The molecule has 0 atom stereocenters. The Morgan fingerprint density at radius 2 is 1.96 bits per heavy atom. The molecule has 7 heteroatoms. The van der Waals surface area contributed by atoms with Gasteiger partial charge in [-0.05, 0) is 25.8 Å². The van der Waals surface area contributed by atoms with Crippen LogP contribution in [0.25, 0.3) is 11.2 Å². The molecular weight excluding hydrogens is 292 g/mol. The first-order valence-electron chi connectivity index (χ1n) is 8.49. The quantitative estimate of drug-likeness (QED) is 0.842. The van der Waals surface area contributed by atoms with Crippen LogP contribution in [0.3, 0.4) is 0 Å². The molecule has 2 aliphatic rings. The molecule has 0 radical (unpaired) electrons. The zero-order valence-electron chi connectivity index (χ0n) is 13.7. The van der Waals surface area contributed by atoms with Gasteiger partial charge in [-0.2, -0.15) is 0 Å². The zero-order valence-corrected chi connectivity index (χ0v) is 13.7. The molecule has 0 aliphatic carbocycles. The van der Waals surface area contributed by atoms with Crippen LogP contribution in [0.2, 0.25) is 0 Å². The molecule has 2 saturated heterocycles. The third kappa shape index (κ3) is 3.03. The third-order valence-electron chi connectivity index (χ3n) is 4.96. The van der Waals surface area contributed by atoms with Crippen LogP contribution in [0.4, 0.5) is 5.95 Å². The maximum atomic E-state index is 5.50. The van der Waals surface area contributed by atoms with Gasteiger partial charge in [0.15, 0.2) is 5.65 Å². The maximum absolute atomic E-state index is 5.50. The van der Waals surface area contributed by atoms with E-state index >= 15 is 0 Å². The zero-order chi connectivity index (χ0) is 15.6. The molecule has 23 heavy (non-hydrogen) atoms. The van der Waals surface area contributed by atoms with Gasteiger partial charge in [0, 0.05) is 45.9 Å². The summed E-state index contributed by atoms with van der Waals surface area (Å²) >= 11 is 0. The van der Waals surface area contributed by atoms with E-state index < -0.39 is 0 Å². The SMILES string of the molecule is CN1CCN(c2nc3cncnc3n2CC2CCOCC2)CC1. The molecule has 2 aromatic heterocycles. The van der Waals surface area contributed by atoms with Crippen molar-refractivity contribution in [1.82, 2.24) is 24.4 Å². The number of ether oxygens (including phenoxy) is 1. The Morgan fingerprint density at radius 3 is 2.74 bits per heavy atom. The van der Waals surface area contributed by atoms with Gasteiger partial charge >= 0.3 is 0 Å². The number of rotatable bonds is 3. The van der Waals surface area contributed by atoms with Gasteiger partial charge in [0.05, 0.1) is 6.20 Å². The van der Waals surface area contributed by atoms with Crippen LogP contribution in [-0.4, -0.2) is 70.9 Å². The van der Waals surface area contributed by atoms with Crippen molar-refractivity contribution in [3.8, 4) is 0 Å². The lowest BCUT2D eigenvalue weighted by molar-refractivity contribution is 0.0616. The molecular formula is C16H24N6O. The van der Waals surface area contributed by atoms with Crippen molar-refractivity contribution in [2.45, 2.75) is 19.4 Å². The summed E-state index contributed by atoms with van der Waals surface area (Å²) in [6.07, 6.45) is 5.68. The minimum Gasteiger partial charge on any atom is -0.381 e. The molecule has 2 aliphatic heterocycles. The second-order valence-electron chi connectivity index (χ2n) is 6.60. The molecule has 124 valence electrons. The smallest absolute Gasteiger partial charge is 0.207 e. The van der Waals surface area contributed by atoms with Crippen LogP contribution in [0.1, 0.15) is 12.8 Å². The van der Waals surface area contributed by atoms with Crippen LogP contribution >= 0.6 is 0 Å². The van der Waals surface area contributed by atoms with Crippen molar-refractivity contribution in [2.75, 3.05) is 51.3 Å². The number of hydrogen-bond donors (Lipinski definition) is 0. The fraction of sp³-hybridized carbons (Fsp3) is 0.688. The highest BCUT2D eigenvalue weighted by Gasteiger charge is 2.24. The van der Waals surface area contributed by atoms with Crippen molar-refractivity contribution in [1.29, 1.82) is 0 Å². The number of fused-ring (bicyclic) bond motifs is 1. The molecule has 4 rings (SSSR count). The Balaban J connectivity index is 1.66. The predicted octanol–water partition coefficient (Wildman–Crippen LogP) is 1.00. The van der Waals surface area contributed by atoms with Crippen LogP contribution in [-0.2, 0) is 11.3 Å². The van der Waals surface area contributed by atoms with E-state index in [4.69, 9.17) is 9.72 Å². The standard InChI is InChI=1S/C16H24N6O/c1-20-4-6-21(7-5-20)16-19-14-10-17-12-18-15(14)22(16)11-13-2-8-23-9-3-13/h10,12-13H,2-9,11H2,1H3. The van der Waals surface area contributed by atoms with E-state index in [0.29, 0.717) is 5.92 Å². The Morgan fingerprint density at radius 1 is 1.17 bits per heavy atom. The first kappa shape index (κ1) is 14.8. The van der Waals surface area contributed by atoms with E-state index in [1.165, 1.54) is 0 Å². The van der Waals surface area contributed by atoms with Gasteiger partial charge in [-0.1, -0.05) is 0 Å². The lowest BCUT2D eigenvalue weighted by Gasteiger charge is -2.34. The van der Waals surface area contributed by atoms with Crippen LogP contribution in [0.15, 0.2) is 12.5 Å². The van der Waals surface area contributed by atoms with Crippen molar-refractivity contribution < 1.29 is 4.74 Å².